The predicted octanol–water partition coefficient (Wildman–Crippen LogP) is 0.926. The van der Waals surface area contributed by atoms with E-state index < -0.39 is 28.5 Å². The zero-order chi connectivity index (χ0) is 24.0. The molecule has 1 fully saturated rings. The average Bonchev–Trinajstić information content (AvgIpc) is 3.26. The molecule has 14 heteroatoms. The van der Waals surface area contributed by atoms with Crippen LogP contribution in [0.3, 0.4) is 0 Å². The summed E-state index contributed by atoms with van der Waals surface area (Å²) >= 11 is 1.04. The summed E-state index contributed by atoms with van der Waals surface area (Å²) in [5.74, 6) is -1.73. The Balaban J connectivity index is 1.65. The molecule has 2 aromatic rings. The maximum Gasteiger partial charge on any atom is 0.358 e. The minimum absolute atomic E-state index is 0.0557. The number of amides is 2. The van der Waals surface area contributed by atoms with Crippen molar-refractivity contribution in [2.24, 2.45) is 0 Å². The molecule has 0 saturated carbocycles. The number of thiazole rings is 1. The number of nitrogens with one attached hydrogen (secondary N) is 2. The normalized spacial score (nSPS) is 14.4. The highest BCUT2D eigenvalue weighted by Gasteiger charge is 2.29. The lowest BCUT2D eigenvalue weighted by Crippen LogP contribution is -2.40. The average molecular weight is 499 g/mol. The first-order valence-corrected chi connectivity index (χ1v) is 12.0. The molecular weight excluding hydrogens is 476 g/mol. The van der Waals surface area contributed by atoms with Crippen molar-refractivity contribution in [1.29, 1.82) is 0 Å². The standard InChI is InChI=1S/C19H22N4O8S2/c1-12(24)20-19-22-14(11-32-19)18(26)31-10-17(25)21-13-3-4-15(29-2)16(9-13)33(27,28)23-5-7-30-8-6-23/h3-4,9,11H,5-8,10H2,1-2H3,(H,21,25)(H,20,22,24). The number of carbonyl (C=O) groups is 3. The minimum atomic E-state index is -3.88. The monoisotopic (exact) mass is 498 g/mol. The van der Waals surface area contributed by atoms with Crippen LogP contribution in [0.15, 0.2) is 28.5 Å². The first kappa shape index (κ1) is 24.6. The molecule has 1 aliphatic rings. The van der Waals surface area contributed by atoms with E-state index in [0.29, 0.717) is 0 Å². The number of hydrogen-bond acceptors (Lipinski definition) is 10. The molecule has 1 saturated heterocycles. The number of morpholine rings is 1. The molecule has 1 aliphatic heterocycles. The first-order valence-electron chi connectivity index (χ1n) is 9.66. The Morgan fingerprint density at radius 3 is 2.61 bits per heavy atom. The van der Waals surface area contributed by atoms with Gasteiger partial charge in [0.1, 0.15) is 10.6 Å². The Morgan fingerprint density at radius 1 is 1.21 bits per heavy atom. The fourth-order valence-electron chi connectivity index (χ4n) is 2.86. The summed E-state index contributed by atoms with van der Waals surface area (Å²) in [7, 11) is -2.53. The van der Waals surface area contributed by atoms with Crippen molar-refractivity contribution in [1.82, 2.24) is 9.29 Å². The molecule has 0 radical (unpaired) electrons. The first-order chi connectivity index (χ1) is 15.7. The van der Waals surface area contributed by atoms with Crippen LogP contribution in [0.5, 0.6) is 5.75 Å². The van der Waals surface area contributed by atoms with Crippen LogP contribution in [0.2, 0.25) is 0 Å². The number of sulfonamides is 1. The number of nitrogens with zero attached hydrogens (tertiary/aromatic N) is 2. The Labute approximate surface area is 193 Å². The Morgan fingerprint density at radius 2 is 1.94 bits per heavy atom. The number of benzene rings is 1. The minimum Gasteiger partial charge on any atom is -0.495 e. The van der Waals surface area contributed by atoms with E-state index in [4.69, 9.17) is 14.2 Å². The highest BCUT2D eigenvalue weighted by Crippen LogP contribution is 2.30. The van der Waals surface area contributed by atoms with Gasteiger partial charge < -0.3 is 24.8 Å². The van der Waals surface area contributed by atoms with E-state index in [1.807, 2.05) is 0 Å². The largest absolute Gasteiger partial charge is 0.495 e. The number of rotatable bonds is 8. The molecular formula is C19H22N4O8S2. The van der Waals surface area contributed by atoms with Gasteiger partial charge >= 0.3 is 5.97 Å². The van der Waals surface area contributed by atoms with E-state index in [1.54, 1.807) is 0 Å². The van der Waals surface area contributed by atoms with Crippen molar-refractivity contribution in [2.75, 3.05) is 50.7 Å². The van der Waals surface area contributed by atoms with Gasteiger partial charge in [-0.3, -0.25) is 9.59 Å². The molecule has 0 bridgehead atoms. The second-order valence-corrected chi connectivity index (χ2v) is 9.49. The number of carbonyl (C=O) groups excluding carboxylic acids is 3. The van der Waals surface area contributed by atoms with Gasteiger partial charge in [-0.1, -0.05) is 0 Å². The van der Waals surface area contributed by atoms with Crippen LogP contribution in [-0.4, -0.2) is 75.5 Å². The van der Waals surface area contributed by atoms with Gasteiger partial charge in [-0.2, -0.15) is 4.31 Å². The molecule has 1 aromatic heterocycles. The number of hydrogen-bond donors (Lipinski definition) is 2. The van der Waals surface area contributed by atoms with Gasteiger partial charge in [-0.15, -0.1) is 11.3 Å². The zero-order valence-corrected chi connectivity index (χ0v) is 19.5. The van der Waals surface area contributed by atoms with E-state index >= 15 is 0 Å². The Kier molecular flexibility index (Phi) is 7.97. The number of anilines is 2. The van der Waals surface area contributed by atoms with Crippen molar-refractivity contribution in [2.45, 2.75) is 11.8 Å². The third-order valence-corrected chi connectivity index (χ3v) is 7.04. The third kappa shape index (κ3) is 6.25. The molecule has 1 aromatic carbocycles. The fourth-order valence-corrected chi connectivity index (χ4v) is 5.18. The van der Waals surface area contributed by atoms with E-state index in [0.717, 1.165) is 11.3 Å². The van der Waals surface area contributed by atoms with Gasteiger partial charge in [-0.25, -0.2) is 18.2 Å². The summed E-state index contributed by atoms with van der Waals surface area (Å²) in [6.07, 6.45) is 0. The number of ether oxygens (including phenoxy) is 3. The van der Waals surface area contributed by atoms with Gasteiger partial charge in [0.15, 0.2) is 17.4 Å². The second-order valence-electron chi connectivity index (χ2n) is 6.73. The van der Waals surface area contributed by atoms with Gasteiger partial charge in [0.2, 0.25) is 15.9 Å². The van der Waals surface area contributed by atoms with E-state index in [9.17, 15) is 22.8 Å². The van der Waals surface area contributed by atoms with Crippen LogP contribution >= 0.6 is 11.3 Å². The van der Waals surface area contributed by atoms with Gasteiger partial charge in [0.25, 0.3) is 5.91 Å². The molecule has 0 spiro atoms. The smallest absolute Gasteiger partial charge is 0.358 e. The Hall–Kier alpha value is -3.07. The molecule has 2 amide bonds. The zero-order valence-electron chi connectivity index (χ0n) is 17.8. The van der Waals surface area contributed by atoms with E-state index in [1.165, 1.54) is 41.9 Å². The second kappa shape index (κ2) is 10.7. The van der Waals surface area contributed by atoms with Crippen LogP contribution in [0, 0.1) is 0 Å². The number of methoxy groups -OCH3 is 1. The maximum absolute atomic E-state index is 13.0. The quantitative estimate of drug-likeness (QED) is 0.506. The maximum atomic E-state index is 13.0. The third-order valence-electron chi connectivity index (χ3n) is 4.37. The van der Waals surface area contributed by atoms with Gasteiger partial charge in [-0.05, 0) is 18.2 Å². The molecule has 2 N–H and O–H groups in total. The summed E-state index contributed by atoms with van der Waals surface area (Å²) in [4.78, 5) is 39.1. The molecule has 178 valence electrons. The predicted molar refractivity (Wildman–Crippen MR) is 118 cm³/mol. The number of aromatic nitrogens is 1. The lowest BCUT2D eigenvalue weighted by atomic mass is 10.3. The van der Waals surface area contributed by atoms with Crippen LogP contribution in [0.25, 0.3) is 0 Å². The van der Waals surface area contributed by atoms with Gasteiger partial charge in [0, 0.05) is 31.1 Å². The van der Waals surface area contributed by atoms with E-state index in [-0.39, 0.29) is 59.4 Å². The van der Waals surface area contributed by atoms with E-state index in [2.05, 4.69) is 15.6 Å². The summed E-state index contributed by atoms with van der Waals surface area (Å²) < 4.78 is 42.6. The lowest BCUT2D eigenvalue weighted by Gasteiger charge is -2.26. The molecule has 0 aliphatic carbocycles. The Bertz CT molecular complexity index is 1140. The van der Waals surface area contributed by atoms with Crippen molar-refractivity contribution in [3.05, 3.63) is 29.3 Å². The molecule has 33 heavy (non-hydrogen) atoms. The molecule has 0 unspecified atom stereocenters. The summed E-state index contributed by atoms with van der Waals surface area (Å²) in [6, 6.07) is 4.17. The van der Waals surface area contributed by atoms with Crippen molar-refractivity contribution >= 4 is 50.0 Å². The highest BCUT2D eigenvalue weighted by molar-refractivity contribution is 7.89. The SMILES string of the molecule is COc1ccc(NC(=O)COC(=O)c2csc(NC(C)=O)n2)cc1S(=O)(=O)N1CCOCC1. The van der Waals surface area contributed by atoms with Crippen molar-refractivity contribution in [3.63, 3.8) is 0 Å². The van der Waals surface area contributed by atoms with Crippen LogP contribution in [0.4, 0.5) is 10.8 Å². The molecule has 3 rings (SSSR count). The van der Waals surface area contributed by atoms with Crippen LogP contribution in [0.1, 0.15) is 17.4 Å². The lowest BCUT2D eigenvalue weighted by molar-refractivity contribution is -0.119. The number of esters is 1. The van der Waals surface area contributed by atoms with Crippen LogP contribution in [-0.2, 0) is 29.1 Å². The summed E-state index contributed by atoms with van der Waals surface area (Å²) in [5, 5.41) is 6.55. The van der Waals surface area contributed by atoms with Crippen molar-refractivity contribution < 1.29 is 37.0 Å². The fraction of sp³-hybridized carbons (Fsp3) is 0.368. The van der Waals surface area contributed by atoms with Gasteiger partial charge in [0.05, 0.1) is 20.3 Å². The van der Waals surface area contributed by atoms with Crippen LogP contribution < -0.4 is 15.4 Å². The molecule has 12 nitrogen and oxygen atoms in total. The van der Waals surface area contributed by atoms with Crippen molar-refractivity contribution in [3.8, 4) is 5.75 Å². The molecule has 2 heterocycles. The summed E-state index contributed by atoms with van der Waals surface area (Å²) in [6.45, 7) is 1.67. The molecule has 0 atom stereocenters. The highest BCUT2D eigenvalue weighted by atomic mass is 32.2. The summed E-state index contributed by atoms with van der Waals surface area (Å²) in [5.41, 5.74) is 0.130. The topological polar surface area (TPSA) is 153 Å².